The number of sulfone groups is 1. The lowest BCUT2D eigenvalue weighted by Gasteiger charge is -2.11. The fraction of sp³-hybridized carbons (Fsp3) is 0.143. The Morgan fingerprint density at radius 2 is 1.75 bits per heavy atom. The molecule has 2 N–H and O–H groups in total. The standard InChI is InChI=1S/C21H18F3N3O4S/c22-21(23,24)14-31-17-4-1-5-19(11-17)32(29,30)18-8-6-16(7-9-18)27-20(28)26-13-15-3-2-10-25-12-15/h1-12H,13-14H2,(H2,26,27,28). The summed E-state index contributed by atoms with van der Waals surface area (Å²) in [6, 6.07) is 13.3. The van der Waals surface area contributed by atoms with Crippen molar-refractivity contribution in [3.63, 3.8) is 0 Å². The number of benzene rings is 2. The molecular formula is C21H18F3N3O4S. The minimum absolute atomic E-state index is 0.0909. The zero-order chi connectivity index (χ0) is 23.2. The van der Waals surface area contributed by atoms with Crippen molar-refractivity contribution in [2.45, 2.75) is 22.5 Å². The number of amides is 2. The lowest BCUT2D eigenvalue weighted by Crippen LogP contribution is -2.28. The van der Waals surface area contributed by atoms with E-state index in [1.165, 1.54) is 42.5 Å². The zero-order valence-corrected chi connectivity index (χ0v) is 17.3. The lowest BCUT2D eigenvalue weighted by molar-refractivity contribution is -0.153. The molecule has 0 spiro atoms. The SMILES string of the molecule is O=C(NCc1cccnc1)Nc1ccc(S(=O)(=O)c2cccc(OCC(F)(F)F)c2)cc1. The lowest BCUT2D eigenvalue weighted by atomic mass is 10.3. The molecular weight excluding hydrogens is 447 g/mol. The number of carbonyl (C=O) groups excluding carboxylic acids is 1. The van der Waals surface area contributed by atoms with E-state index in [0.717, 1.165) is 11.6 Å². The van der Waals surface area contributed by atoms with E-state index in [-0.39, 0.29) is 22.1 Å². The summed E-state index contributed by atoms with van der Waals surface area (Å²) in [5.74, 6) is -0.216. The van der Waals surface area contributed by atoms with Gasteiger partial charge in [0.2, 0.25) is 9.84 Å². The van der Waals surface area contributed by atoms with Crippen LogP contribution in [0.4, 0.5) is 23.7 Å². The number of rotatable bonds is 7. The Balaban J connectivity index is 1.65. The van der Waals surface area contributed by atoms with Crippen LogP contribution in [0.5, 0.6) is 5.75 Å². The largest absolute Gasteiger partial charge is 0.484 e. The molecule has 7 nitrogen and oxygen atoms in total. The Hall–Kier alpha value is -3.60. The maximum atomic E-state index is 12.8. The first kappa shape index (κ1) is 23.1. The molecule has 0 saturated heterocycles. The zero-order valence-electron chi connectivity index (χ0n) is 16.5. The van der Waals surface area contributed by atoms with Crippen molar-refractivity contribution in [3.8, 4) is 5.75 Å². The van der Waals surface area contributed by atoms with E-state index in [9.17, 15) is 26.4 Å². The molecule has 32 heavy (non-hydrogen) atoms. The van der Waals surface area contributed by atoms with E-state index >= 15 is 0 Å². The number of pyridine rings is 1. The van der Waals surface area contributed by atoms with Crippen molar-refractivity contribution in [3.05, 3.63) is 78.6 Å². The summed E-state index contributed by atoms with van der Waals surface area (Å²) in [5, 5.41) is 5.22. The number of hydrogen-bond donors (Lipinski definition) is 2. The number of ether oxygens (including phenoxy) is 1. The summed E-state index contributed by atoms with van der Waals surface area (Å²) in [5.41, 5.74) is 1.17. The van der Waals surface area contributed by atoms with Crippen LogP contribution in [0.25, 0.3) is 0 Å². The number of anilines is 1. The predicted octanol–water partition coefficient (Wildman–Crippen LogP) is 4.18. The molecule has 0 unspecified atom stereocenters. The van der Waals surface area contributed by atoms with Crippen molar-refractivity contribution in [2.24, 2.45) is 0 Å². The van der Waals surface area contributed by atoms with Gasteiger partial charge >= 0.3 is 12.2 Å². The number of hydrogen-bond acceptors (Lipinski definition) is 5. The summed E-state index contributed by atoms with van der Waals surface area (Å²) in [4.78, 5) is 15.6. The maximum Gasteiger partial charge on any atom is 0.422 e. The van der Waals surface area contributed by atoms with Crippen molar-refractivity contribution in [1.82, 2.24) is 10.3 Å². The second-order valence-electron chi connectivity index (χ2n) is 6.58. The quantitative estimate of drug-likeness (QED) is 0.546. The first-order chi connectivity index (χ1) is 15.1. The minimum Gasteiger partial charge on any atom is -0.484 e. The molecule has 0 aliphatic rings. The van der Waals surface area contributed by atoms with Crippen LogP contribution in [0.3, 0.4) is 0 Å². The van der Waals surface area contributed by atoms with Crippen LogP contribution < -0.4 is 15.4 Å². The van der Waals surface area contributed by atoms with E-state index in [2.05, 4.69) is 20.4 Å². The average Bonchev–Trinajstić information content (AvgIpc) is 2.77. The van der Waals surface area contributed by atoms with E-state index in [1.54, 1.807) is 24.5 Å². The molecule has 168 valence electrons. The third-order valence-electron chi connectivity index (χ3n) is 4.12. The number of carbonyl (C=O) groups is 1. The molecule has 1 heterocycles. The molecule has 11 heteroatoms. The monoisotopic (exact) mass is 465 g/mol. The molecule has 2 amide bonds. The number of urea groups is 1. The normalized spacial score (nSPS) is 11.6. The predicted molar refractivity (Wildman–Crippen MR) is 110 cm³/mol. The van der Waals surface area contributed by atoms with Gasteiger partial charge in [0.25, 0.3) is 0 Å². The fourth-order valence-electron chi connectivity index (χ4n) is 2.61. The summed E-state index contributed by atoms with van der Waals surface area (Å²) in [6.45, 7) is -1.27. The van der Waals surface area contributed by atoms with Gasteiger partial charge in [-0.2, -0.15) is 13.2 Å². The minimum atomic E-state index is -4.54. The first-order valence-electron chi connectivity index (χ1n) is 9.22. The van der Waals surface area contributed by atoms with Gasteiger partial charge in [-0.15, -0.1) is 0 Å². The molecule has 0 fully saturated rings. The summed E-state index contributed by atoms with van der Waals surface area (Å²) in [7, 11) is -4.00. The van der Waals surface area contributed by atoms with Gasteiger partial charge in [-0.3, -0.25) is 4.98 Å². The molecule has 0 bridgehead atoms. The summed E-state index contributed by atoms with van der Waals surface area (Å²) >= 11 is 0. The molecule has 0 atom stereocenters. The smallest absolute Gasteiger partial charge is 0.422 e. The summed E-state index contributed by atoms with van der Waals surface area (Å²) < 4.78 is 67.2. The number of nitrogens with zero attached hydrogens (tertiary/aromatic N) is 1. The van der Waals surface area contributed by atoms with Crippen LogP contribution in [0.1, 0.15) is 5.56 Å². The molecule has 2 aromatic carbocycles. The molecule has 3 rings (SSSR count). The van der Waals surface area contributed by atoms with Crippen LogP contribution >= 0.6 is 0 Å². The fourth-order valence-corrected chi connectivity index (χ4v) is 3.91. The Morgan fingerprint density at radius 3 is 2.41 bits per heavy atom. The molecule has 3 aromatic rings. The maximum absolute atomic E-state index is 12.8. The van der Waals surface area contributed by atoms with E-state index < -0.39 is 28.7 Å². The average molecular weight is 465 g/mol. The van der Waals surface area contributed by atoms with Crippen molar-refractivity contribution in [1.29, 1.82) is 0 Å². The van der Waals surface area contributed by atoms with E-state index in [0.29, 0.717) is 5.69 Å². The van der Waals surface area contributed by atoms with Crippen LogP contribution in [0.2, 0.25) is 0 Å². The van der Waals surface area contributed by atoms with Crippen molar-refractivity contribution >= 4 is 21.6 Å². The topological polar surface area (TPSA) is 97.4 Å². The van der Waals surface area contributed by atoms with E-state index in [4.69, 9.17) is 0 Å². The Labute approximate surface area is 182 Å². The van der Waals surface area contributed by atoms with Gasteiger partial charge in [0, 0.05) is 24.6 Å². The third kappa shape index (κ3) is 6.45. The van der Waals surface area contributed by atoms with Crippen LogP contribution in [-0.4, -0.2) is 32.2 Å². The number of aromatic nitrogens is 1. The Morgan fingerprint density at radius 1 is 1.00 bits per heavy atom. The van der Waals surface area contributed by atoms with Crippen molar-refractivity contribution < 1.29 is 31.1 Å². The second kappa shape index (κ2) is 9.69. The van der Waals surface area contributed by atoms with Crippen LogP contribution in [0.15, 0.2) is 82.8 Å². The highest BCUT2D eigenvalue weighted by atomic mass is 32.2. The van der Waals surface area contributed by atoms with Gasteiger partial charge in [-0.25, -0.2) is 13.2 Å². The Kier molecular flexibility index (Phi) is 6.98. The molecule has 0 aliphatic carbocycles. The molecule has 0 radical (unpaired) electrons. The van der Waals surface area contributed by atoms with Crippen LogP contribution in [-0.2, 0) is 16.4 Å². The van der Waals surface area contributed by atoms with Gasteiger partial charge in [-0.05, 0) is 54.1 Å². The highest BCUT2D eigenvalue weighted by Crippen LogP contribution is 2.26. The first-order valence-corrected chi connectivity index (χ1v) is 10.7. The molecule has 0 aliphatic heterocycles. The molecule has 1 aromatic heterocycles. The van der Waals surface area contributed by atoms with Gasteiger partial charge in [0.05, 0.1) is 9.79 Å². The number of nitrogens with one attached hydrogen (secondary N) is 2. The second-order valence-corrected chi connectivity index (χ2v) is 8.53. The number of halogens is 3. The molecule has 0 saturated carbocycles. The van der Waals surface area contributed by atoms with Gasteiger partial charge < -0.3 is 15.4 Å². The van der Waals surface area contributed by atoms with Gasteiger partial charge in [-0.1, -0.05) is 12.1 Å². The third-order valence-corrected chi connectivity index (χ3v) is 5.88. The van der Waals surface area contributed by atoms with Gasteiger partial charge in [0.1, 0.15) is 5.75 Å². The van der Waals surface area contributed by atoms with Crippen LogP contribution in [0, 0.1) is 0 Å². The highest BCUT2D eigenvalue weighted by Gasteiger charge is 2.28. The Bertz CT molecular complexity index is 1170. The highest BCUT2D eigenvalue weighted by molar-refractivity contribution is 7.91. The van der Waals surface area contributed by atoms with Crippen molar-refractivity contribution in [2.75, 3.05) is 11.9 Å². The summed E-state index contributed by atoms with van der Waals surface area (Å²) in [6.07, 6.45) is -1.31. The van der Waals surface area contributed by atoms with Gasteiger partial charge in [0.15, 0.2) is 6.61 Å². The van der Waals surface area contributed by atoms with E-state index in [1.807, 2.05) is 0 Å². The number of alkyl halides is 3.